The van der Waals surface area contributed by atoms with Crippen molar-refractivity contribution in [2.45, 2.75) is 26.2 Å². The summed E-state index contributed by atoms with van der Waals surface area (Å²) < 4.78 is 4.86. The number of nitrogens with one attached hydrogen (secondary N) is 1. The topological polar surface area (TPSA) is 42.1 Å². The van der Waals surface area contributed by atoms with Crippen LogP contribution < -0.4 is 0 Å². The van der Waals surface area contributed by atoms with E-state index in [1.807, 2.05) is 24.3 Å². The fourth-order valence-corrected chi connectivity index (χ4v) is 2.07. The van der Waals surface area contributed by atoms with Gasteiger partial charge < -0.3 is 9.72 Å². The molecule has 2 rings (SSSR count). The van der Waals surface area contributed by atoms with Gasteiger partial charge in [0.05, 0.1) is 12.7 Å². The van der Waals surface area contributed by atoms with Crippen LogP contribution in [0.4, 0.5) is 0 Å². The predicted molar refractivity (Wildman–Crippen MR) is 68.3 cm³/mol. The number of hydrogen-bond donors (Lipinski definition) is 1. The van der Waals surface area contributed by atoms with Crippen LogP contribution in [0.15, 0.2) is 24.3 Å². The Balaban J connectivity index is 2.52. The van der Waals surface area contributed by atoms with Crippen LogP contribution >= 0.6 is 0 Å². The molecular weight excluding hydrogens is 214 g/mol. The van der Waals surface area contributed by atoms with Crippen LogP contribution in [0.1, 0.15) is 35.8 Å². The van der Waals surface area contributed by atoms with Crippen LogP contribution in [0.2, 0.25) is 0 Å². The Morgan fingerprint density at radius 1 is 1.35 bits per heavy atom. The van der Waals surface area contributed by atoms with Crippen molar-refractivity contribution in [1.82, 2.24) is 4.98 Å². The SMILES string of the molecule is CCCCc1[nH]c2ccccc2c1C(=O)OC. The highest BCUT2D eigenvalue weighted by molar-refractivity contribution is 6.05. The van der Waals surface area contributed by atoms with Crippen molar-refractivity contribution in [2.75, 3.05) is 7.11 Å². The molecule has 0 aliphatic rings. The lowest BCUT2D eigenvalue weighted by molar-refractivity contribution is 0.0601. The van der Waals surface area contributed by atoms with Crippen LogP contribution in [0.3, 0.4) is 0 Å². The molecule has 0 atom stereocenters. The lowest BCUT2D eigenvalue weighted by Crippen LogP contribution is -2.04. The van der Waals surface area contributed by atoms with Gasteiger partial charge in [-0.3, -0.25) is 0 Å². The van der Waals surface area contributed by atoms with E-state index in [0.29, 0.717) is 5.56 Å². The predicted octanol–water partition coefficient (Wildman–Crippen LogP) is 3.30. The molecule has 2 aromatic rings. The molecule has 0 fully saturated rings. The monoisotopic (exact) mass is 231 g/mol. The van der Waals surface area contributed by atoms with Gasteiger partial charge in [0.25, 0.3) is 0 Å². The molecular formula is C14H17NO2. The van der Waals surface area contributed by atoms with E-state index in [1.165, 1.54) is 7.11 Å². The van der Waals surface area contributed by atoms with Gasteiger partial charge in [-0.05, 0) is 18.9 Å². The number of aryl methyl sites for hydroxylation is 1. The average Bonchev–Trinajstić information content (AvgIpc) is 2.73. The van der Waals surface area contributed by atoms with Gasteiger partial charge in [0, 0.05) is 16.6 Å². The van der Waals surface area contributed by atoms with E-state index in [-0.39, 0.29) is 5.97 Å². The largest absolute Gasteiger partial charge is 0.465 e. The second-order valence-corrected chi connectivity index (χ2v) is 4.12. The molecule has 0 bridgehead atoms. The highest BCUT2D eigenvalue weighted by Crippen LogP contribution is 2.24. The van der Waals surface area contributed by atoms with Crippen molar-refractivity contribution in [3.63, 3.8) is 0 Å². The average molecular weight is 231 g/mol. The van der Waals surface area contributed by atoms with Crippen LogP contribution in [-0.2, 0) is 11.2 Å². The molecule has 0 saturated heterocycles. The maximum Gasteiger partial charge on any atom is 0.340 e. The molecule has 1 heterocycles. The van der Waals surface area contributed by atoms with Crippen LogP contribution in [-0.4, -0.2) is 18.1 Å². The first-order valence-corrected chi connectivity index (χ1v) is 5.95. The van der Waals surface area contributed by atoms with Crippen LogP contribution in [0.5, 0.6) is 0 Å². The van der Waals surface area contributed by atoms with Gasteiger partial charge >= 0.3 is 5.97 Å². The normalized spacial score (nSPS) is 10.7. The third-order valence-electron chi connectivity index (χ3n) is 2.95. The lowest BCUT2D eigenvalue weighted by Gasteiger charge is -2.01. The molecule has 0 amide bonds. The number of aromatic amines is 1. The zero-order chi connectivity index (χ0) is 12.3. The summed E-state index contributed by atoms with van der Waals surface area (Å²) in [5.74, 6) is -0.256. The third-order valence-corrected chi connectivity index (χ3v) is 2.95. The molecule has 1 aromatic heterocycles. The fraction of sp³-hybridized carbons (Fsp3) is 0.357. The van der Waals surface area contributed by atoms with E-state index in [0.717, 1.165) is 35.9 Å². The lowest BCUT2D eigenvalue weighted by atomic mass is 10.1. The number of ether oxygens (including phenoxy) is 1. The smallest absolute Gasteiger partial charge is 0.340 e. The van der Waals surface area contributed by atoms with Crippen molar-refractivity contribution in [1.29, 1.82) is 0 Å². The number of methoxy groups -OCH3 is 1. The molecule has 0 unspecified atom stereocenters. The van der Waals surface area contributed by atoms with Gasteiger partial charge in [-0.1, -0.05) is 31.5 Å². The Morgan fingerprint density at radius 2 is 2.12 bits per heavy atom. The van der Waals surface area contributed by atoms with E-state index in [4.69, 9.17) is 4.74 Å². The summed E-state index contributed by atoms with van der Waals surface area (Å²) in [6.07, 6.45) is 3.06. The zero-order valence-corrected chi connectivity index (χ0v) is 10.2. The Labute approximate surface area is 101 Å². The summed E-state index contributed by atoms with van der Waals surface area (Å²) in [5.41, 5.74) is 2.68. The first-order chi connectivity index (χ1) is 8.27. The zero-order valence-electron chi connectivity index (χ0n) is 10.2. The van der Waals surface area contributed by atoms with Gasteiger partial charge in [0.15, 0.2) is 0 Å². The third kappa shape index (κ3) is 2.18. The number of fused-ring (bicyclic) bond motifs is 1. The Bertz CT molecular complexity index is 528. The number of hydrogen-bond acceptors (Lipinski definition) is 2. The number of para-hydroxylation sites is 1. The minimum absolute atomic E-state index is 0.256. The summed E-state index contributed by atoms with van der Waals surface area (Å²) >= 11 is 0. The summed E-state index contributed by atoms with van der Waals surface area (Å²) in [6, 6.07) is 7.83. The number of benzene rings is 1. The van der Waals surface area contributed by atoms with Gasteiger partial charge in [-0.2, -0.15) is 0 Å². The van der Waals surface area contributed by atoms with E-state index in [1.54, 1.807) is 0 Å². The van der Waals surface area contributed by atoms with Crippen molar-refractivity contribution in [3.8, 4) is 0 Å². The molecule has 90 valence electrons. The summed E-state index contributed by atoms with van der Waals surface area (Å²) in [7, 11) is 1.42. The standard InChI is InChI=1S/C14H17NO2/c1-3-4-8-12-13(14(16)17-2)10-7-5-6-9-11(10)15-12/h5-7,9,15H,3-4,8H2,1-2H3. The number of aromatic nitrogens is 1. The minimum Gasteiger partial charge on any atom is -0.465 e. The van der Waals surface area contributed by atoms with E-state index >= 15 is 0 Å². The summed E-state index contributed by atoms with van der Waals surface area (Å²) in [6.45, 7) is 2.14. The number of carbonyl (C=O) groups is 1. The molecule has 3 heteroatoms. The molecule has 0 aliphatic heterocycles. The van der Waals surface area contributed by atoms with Gasteiger partial charge in [0.1, 0.15) is 0 Å². The first kappa shape index (κ1) is 11.7. The summed E-state index contributed by atoms with van der Waals surface area (Å²) in [5, 5.41) is 0.949. The fourth-order valence-electron chi connectivity index (χ4n) is 2.07. The minimum atomic E-state index is -0.256. The molecule has 17 heavy (non-hydrogen) atoms. The molecule has 0 saturated carbocycles. The number of unbranched alkanes of at least 4 members (excludes halogenated alkanes) is 1. The molecule has 0 aliphatic carbocycles. The second kappa shape index (κ2) is 5.04. The van der Waals surface area contributed by atoms with Crippen molar-refractivity contribution < 1.29 is 9.53 Å². The number of esters is 1. The summed E-state index contributed by atoms with van der Waals surface area (Å²) in [4.78, 5) is 15.1. The van der Waals surface area contributed by atoms with E-state index in [9.17, 15) is 4.79 Å². The number of H-pyrrole nitrogens is 1. The van der Waals surface area contributed by atoms with E-state index < -0.39 is 0 Å². The van der Waals surface area contributed by atoms with Crippen molar-refractivity contribution in [3.05, 3.63) is 35.5 Å². The number of carbonyl (C=O) groups excluding carboxylic acids is 1. The molecule has 1 N–H and O–H groups in total. The maximum absolute atomic E-state index is 11.8. The molecule has 0 spiro atoms. The van der Waals surface area contributed by atoms with Crippen molar-refractivity contribution >= 4 is 16.9 Å². The Morgan fingerprint density at radius 3 is 2.82 bits per heavy atom. The van der Waals surface area contributed by atoms with Crippen molar-refractivity contribution in [2.24, 2.45) is 0 Å². The van der Waals surface area contributed by atoms with Gasteiger partial charge in [0.2, 0.25) is 0 Å². The quantitative estimate of drug-likeness (QED) is 0.820. The van der Waals surface area contributed by atoms with Crippen LogP contribution in [0.25, 0.3) is 10.9 Å². The van der Waals surface area contributed by atoms with E-state index in [2.05, 4.69) is 11.9 Å². The van der Waals surface area contributed by atoms with Gasteiger partial charge in [-0.15, -0.1) is 0 Å². The molecule has 0 radical (unpaired) electrons. The maximum atomic E-state index is 11.8. The highest BCUT2D eigenvalue weighted by atomic mass is 16.5. The first-order valence-electron chi connectivity index (χ1n) is 5.95. The number of rotatable bonds is 4. The Hall–Kier alpha value is -1.77. The molecule has 3 nitrogen and oxygen atoms in total. The molecule has 1 aromatic carbocycles. The highest BCUT2D eigenvalue weighted by Gasteiger charge is 2.17. The van der Waals surface area contributed by atoms with Crippen LogP contribution in [0, 0.1) is 0 Å². The Kier molecular flexibility index (Phi) is 3.47. The van der Waals surface area contributed by atoms with Gasteiger partial charge in [-0.25, -0.2) is 4.79 Å². The second-order valence-electron chi connectivity index (χ2n) is 4.12.